The van der Waals surface area contributed by atoms with Gasteiger partial charge < -0.3 is 4.57 Å². The zero-order valence-corrected chi connectivity index (χ0v) is 14.9. The second kappa shape index (κ2) is 4.84. The van der Waals surface area contributed by atoms with E-state index in [1.54, 1.807) is 0 Å². The minimum absolute atomic E-state index is 0.508. The lowest BCUT2D eigenvalue weighted by Crippen LogP contribution is -1.91. The number of thiophene rings is 1. The van der Waals surface area contributed by atoms with Crippen molar-refractivity contribution in [2.75, 3.05) is 0 Å². The summed E-state index contributed by atoms with van der Waals surface area (Å²) in [4.78, 5) is 0. The minimum Gasteiger partial charge on any atom is -0.342 e. The van der Waals surface area contributed by atoms with E-state index in [4.69, 9.17) is 0 Å². The number of aryl methyl sites for hydroxylation is 1. The largest absolute Gasteiger partial charge is 0.342 e. The second-order valence-corrected chi connectivity index (χ2v) is 7.95. The third-order valence-corrected chi connectivity index (χ3v) is 6.34. The third kappa shape index (κ3) is 1.69. The molecule has 118 valence electrons. The average Bonchev–Trinajstić information content (AvgIpc) is 3.11. The number of para-hydroxylation sites is 1. The van der Waals surface area contributed by atoms with Crippen LogP contribution in [0.15, 0.2) is 54.6 Å². The van der Waals surface area contributed by atoms with Gasteiger partial charge in [0, 0.05) is 38.8 Å². The molecule has 0 saturated carbocycles. The molecule has 0 aliphatic heterocycles. The maximum absolute atomic E-state index is 2.43. The van der Waals surface area contributed by atoms with Crippen LogP contribution in [0.25, 0.3) is 42.0 Å². The normalized spacial score (nSPS) is 12.3. The van der Waals surface area contributed by atoms with Gasteiger partial charge in [0.1, 0.15) is 0 Å². The Balaban J connectivity index is 2.15. The van der Waals surface area contributed by atoms with Crippen molar-refractivity contribution in [1.29, 1.82) is 0 Å². The van der Waals surface area contributed by atoms with Crippen molar-refractivity contribution >= 4 is 53.3 Å². The summed E-state index contributed by atoms with van der Waals surface area (Å²) in [6, 6.07) is 20.0. The SMILES string of the molecule is CC(C)c1cc2c3ccccc3n(C)c2c2sc3ccccc3c12. The Labute approximate surface area is 145 Å². The highest BCUT2D eigenvalue weighted by molar-refractivity contribution is 7.26. The van der Waals surface area contributed by atoms with Gasteiger partial charge in [0.25, 0.3) is 0 Å². The van der Waals surface area contributed by atoms with Crippen molar-refractivity contribution in [3.63, 3.8) is 0 Å². The molecule has 0 spiro atoms. The van der Waals surface area contributed by atoms with Crippen LogP contribution in [-0.2, 0) is 7.05 Å². The van der Waals surface area contributed by atoms with E-state index < -0.39 is 0 Å². The predicted octanol–water partition coefficient (Wildman–Crippen LogP) is 6.82. The van der Waals surface area contributed by atoms with Crippen molar-refractivity contribution in [3.05, 3.63) is 60.2 Å². The van der Waals surface area contributed by atoms with Crippen molar-refractivity contribution in [2.45, 2.75) is 19.8 Å². The summed E-state index contributed by atoms with van der Waals surface area (Å²) in [7, 11) is 2.20. The molecular formula is C22H19NS. The number of aromatic nitrogens is 1. The first kappa shape index (κ1) is 14.1. The summed E-state index contributed by atoms with van der Waals surface area (Å²) in [5, 5.41) is 5.59. The van der Waals surface area contributed by atoms with Gasteiger partial charge in [-0.15, -0.1) is 11.3 Å². The van der Waals surface area contributed by atoms with E-state index in [9.17, 15) is 0 Å². The van der Waals surface area contributed by atoms with Crippen molar-refractivity contribution in [3.8, 4) is 0 Å². The third-order valence-electron chi connectivity index (χ3n) is 5.17. The standard InChI is InChI=1S/C22H19NS/c1-13(2)16-12-17-14-8-4-6-10-18(14)23(3)21(17)22-20(16)15-9-5-7-11-19(15)24-22/h4-13H,1-3H3. The minimum atomic E-state index is 0.508. The number of nitrogens with zero attached hydrogens (tertiary/aromatic N) is 1. The molecule has 3 aromatic carbocycles. The molecule has 0 aliphatic carbocycles. The van der Waals surface area contributed by atoms with Gasteiger partial charge in [0.15, 0.2) is 0 Å². The maximum Gasteiger partial charge on any atom is 0.0670 e. The molecule has 2 heterocycles. The van der Waals surface area contributed by atoms with E-state index in [1.807, 2.05) is 11.3 Å². The molecule has 0 fully saturated rings. The fourth-order valence-corrected chi connectivity index (χ4v) is 5.35. The molecule has 0 saturated heterocycles. The fourth-order valence-electron chi connectivity index (χ4n) is 4.03. The van der Waals surface area contributed by atoms with Crippen molar-refractivity contribution in [2.24, 2.45) is 7.05 Å². The summed E-state index contributed by atoms with van der Waals surface area (Å²) < 4.78 is 5.18. The maximum atomic E-state index is 2.43. The number of rotatable bonds is 1. The highest BCUT2D eigenvalue weighted by Crippen LogP contribution is 2.44. The molecule has 0 bridgehead atoms. The summed E-state index contributed by atoms with van der Waals surface area (Å²) in [5.41, 5.74) is 4.15. The number of benzene rings is 3. The van der Waals surface area contributed by atoms with Crippen LogP contribution in [0.5, 0.6) is 0 Å². The molecule has 0 amide bonds. The van der Waals surface area contributed by atoms with Gasteiger partial charge in [-0.2, -0.15) is 0 Å². The lowest BCUT2D eigenvalue weighted by atomic mass is 9.95. The molecule has 5 rings (SSSR count). The molecule has 1 nitrogen and oxygen atoms in total. The molecule has 0 radical (unpaired) electrons. The summed E-state index contributed by atoms with van der Waals surface area (Å²) >= 11 is 1.93. The molecule has 0 unspecified atom stereocenters. The Morgan fingerprint density at radius 2 is 1.58 bits per heavy atom. The monoisotopic (exact) mass is 329 g/mol. The van der Waals surface area contributed by atoms with Crippen LogP contribution in [0, 0.1) is 0 Å². The molecule has 0 atom stereocenters. The Kier molecular flexibility index (Phi) is 2.84. The van der Waals surface area contributed by atoms with E-state index in [-0.39, 0.29) is 0 Å². The zero-order chi connectivity index (χ0) is 16.4. The van der Waals surface area contributed by atoms with Crippen LogP contribution in [0.3, 0.4) is 0 Å². The van der Waals surface area contributed by atoms with Crippen molar-refractivity contribution < 1.29 is 0 Å². The Morgan fingerprint density at radius 1 is 0.875 bits per heavy atom. The second-order valence-electron chi connectivity index (χ2n) is 6.90. The summed E-state index contributed by atoms with van der Waals surface area (Å²) in [6.45, 7) is 4.61. The Hall–Kier alpha value is -2.32. The van der Waals surface area contributed by atoms with Gasteiger partial charge in [0.2, 0.25) is 0 Å². The molecule has 0 N–H and O–H groups in total. The van der Waals surface area contributed by atoms with Gasteiger partial charge in [-0.3, -0.25) is 0 Å². The fraction of sp³-hybridized carbons (Fsp3) is 0.182. The molecular weight excluding hydrogens is 310 g/mol. The first-order valence-electron chi connectivity index (χ1n) is 8.48. The number of hydrogen-bond acceptors (Lipinski definition) is 1. The van der Waals surface area contributed by atoms with Crippen LogP contribution >= 0.6 is 11.3 Å². The molecule has 2 heteroatoms. The van der Waals surface area contributed by atoms with Crippen LogP contribution < -0.4 is 0 Å². The lowest BCUT2D eigenvalue weighted by molar-refractivity contribution is 0.879. The van der Waals surface area contributed by atoms with Crippen LogP contribution in [-0.4, -0.2) is 4.57 Å². The smallest absolute Gasteiger partial charge is 0.0670 e. The van der Waals surface area contributed by atoms with Crippen LogP contribution in [0.2, 0.25) is 0 Å². The van der Waals surface area contributed by atoms with Crippen LogP contribution in [0.4, 0.5) is 0 Å². The van der Waals surface area contributed by atoms with Gasteiger partial charge in [-0.05, 0) is 29.7 Å². The Morgan fingerprint density at radius 3 is 2.38 bits per heavy atom. The van der Waals surface area contributed by atoms with Crippen molar-refractivity contribution in [1.82, 2.24) is 4.57 Å². The number of hydrogen-bond donors (Lipinski definition) is 0. The van der Waals surface area contributed by atoms with Gasteiger partial charge in [-0.25, -0.2) is 0 Å². The average molecular weight is 329 g/mol. The zero-order valence-electron chi connectivity index (χ0n) is 14.1. The van der Waals surface area contributed by atoms with Crippen LogP contribution in [0.1, 0.15) is 25.3 Å². The Bertz CT molecular complexity index is 1240. The number of fused-ring (bicyclic) bond motifs is 7. The first-order valence-corrected chi connectivity index (χ1v) is 9.29. The van der Waals surface area contributed by atoms with E-state index in [0.29, 0.717) is 5.92 Å². The topological polar surface area (TPSA) is 4.93 Å². The van der Waals surface area contributed by atoms with Gasteiger partial charge in [-0.1, -0.05) is 50.2 Å². The highest BCUT2D eigenvalue weighted by Gasteiger charge is 2.19. The van der Waals surface area contributed by atoms with Gasteiger partial charge >= 0.3 is 0 Å². The lowest BCUT2D eigenvalue weighted by Gasteiger charge is -2.10. The molecule has 2 aromatic heterocycles. The molecule has 0 aliphatic rings. The van der Waals surface area contributed by atoms with E-state index in [2.05, 4.69) is 80.1 Å². The summed E-state index contributed by atoms with van der Waals surface area (Å²) in [6.07, 6.45) is 0. The molecule has 24 heavy (non-hydrogen) atoms. The predicted molar refractivity (Wildman–Crippen MR) is 107 cm³/mol. The van der Waals surface area contributed by atoms with E-state index in [1.165, 1.54) is 47.5 Å². The quantitative estimate of drug-likeness (QED) is 0.318. The molecule has 5 aromatic rings. The van der Waals surface area contributed by atoms with E-state index in [0.717, 1.165) is 0 Å². The van der Waals surface area contributed by atoms with Gasteiger partial charge in [0.05, 0.1) is 10.2 Å². The summed E-state index contributed by atoms with van der Waals surface area (Å²) in [5.74, 6) is 0.508. The highest BCUT2D eigenvalue weighted by atomic mass is 32.1. The first-order chi connectivity index (χ1) is 11.7. The van der Waals surface area contributed by atoms with E-state index >= 15 is 0 Å².